The summed E-state index contributed by atoms with van der Waals surface area (Å²) in [7, 11) is 0. The summed E-state index contributed by atoms with van der Waals surface area (Å²) in [5.74, 6) is -0.0727. The molecule has 1 amide bonds. The minimum Gasteiger partial charge on any atom is -0.478 e. The highest BCUT2D eigenvalue weighted by molar-refractivity contribution is 5.90. The molecule has 0 aromatic carbocycles. The lowest BCUT2D eigenvalue weighted by Gasteiger charge is -2.23. The molecule has 1 aromatic rings. The zero-order valence-corrected chi connectivity index (χ0v) is 10.4. The van der Waals surface area contributed by atoms with Crippen molar-refractivity contribution in [3.63, 3.8) is 0 Å². The van der Waals surface area contributed by atoms with Gasteiger partial charge in [0.2, 0.25) is 5.88 Å². The highest BCUT2D eigenvalue weighted by Crippen LogP contribution is 2.12. The lowest BCUT2D eigenvalue weighted by atomic mass is 10.0. The van der Waals surface area contributed by atoms with E-state index in [4.69, 9.17) is 10.5 Å². The van der Waals surface area contributed by atoms with Crippen LogP contribution in [0.1, 0.15) is 36.2 Å². The number of carbonyl (C=O) groups is 1. The molecule has 2 rings (SSSR count). The fourth-order valence-electron chi connectivity index (χ4n) is 2.11. The molecule has 1 fully saturated rings. The predicted molar refractivity (Wildman–Crippen MR) is 68.5 cm³/mol. The molecule has 0 spiro atoms. The Morgan fingerprint density at radius 1 is 1.50 bits per heavy atom. The van der Waals surface area contributed by atoms with Crippen molar-refractivity contribution in [2.45, 2.75) is 31.7 Å². The third-order valence-electron chi connectivity index (χ3n) is 3.10. The molecule has 1 atom stereocenters. The summed E-state index contributed by atoms with van der Waals surface area (Å²) in [6.07, 6.45) is 4.72. The molecule has 18 heavy (non-hydrogen) atoms. The van der Waals surface area contributed by atoms with E-state index in [-0.39, 0.29) is 5.69 Å². The first-order valence-corrected chi connectivity index (χ1v) is 6.39. The lowest BCUT2D eigenvalue weighted by Crippen LogP contribution is -2.35. The van der Waals surface area contributed by atoms with Gasteiger partial charge in [0, 0.05) is 12.1 Å². The van der Waals surface area contributed by atoms with Crippen LogP contribution in [0.4, 0.5) is 0 Å². The summed E-state index contributed by atoms with van der Waals surface area (Å²) >= 11 is 0. The summed E-state index contributed by atoms with van der Waals surface area (Å²) in [6, 6.07) is 5.58. The first-order valence-electron chi connectivity index (χ1n) is 6.39. The topological polar surface area (TPSA) is 77.2 Å². The van der Waals surface area contributed by atoms with Crippen LogP contribution in [0, 0.1) is 0 Å². The van der Waals surface area contributed by atoms with Gasteiger partial charge in [-0.3, -0.25) is 4.79 Å². The van der Waals surface area contributed by atoms with Gasteiger partial charge in [-0.25, -0.2) is 4.98 Å². The zero-order chi connectivity index (χ0) is 12.8. The van der Waals surface area contributed by atoms with E-state index in [1.807, 2.05) is 0 Å². The molecule has 2 heterocycles. The van der Waals surface area contributed by atoms with E-state index < -0.39 is 5.91 Å². The first-order chi connectivity index (χ1) is 8.75. The number of hydrogen-bond acceptors (Lipinski definition) is 4. The molecule has 5 heteroatoms. The van der Waals surface area contributed by atoms with E-state index in [2.05, 4.69) is 10.3 Å². The number of pyridine rings is 1. The van der Waals surface area contributed by atoms with Gasteiger partial charge in [-0.05, 0) is 31.9 Å². The van der Waals surface area contributed by atoms with E-state index in [1.165, 1.54) is 19.3 Å². The van der Waals surface area contributed by atoms with Crippen molar-refractivity contribution >= 4 is 5.91 Å². The van der Waals surface area contributed by atoms with Gasteiger partial charge in [0.05, 0.1) is 6.61 Å². The maximum atomic E-state index is 11.0. The Balaban J connectivity index is 1.78. The van der Waals surface area contributed by atoms with Crippen LogP contribution in [-0.2, 0) is 0 Å². The molecule has 0 saturated carbocycles. The number of ether oxygens (including phenoxy) is 1. The molecule has 1 saturated heterocycles. The molecular weight excluding hydrogens is 230 g/mol. The number of primary amides is 1. The van der Waals surface area contributed by atoms with Crippen LogP contribution in [0.3, 0.4) is 0 Å². The summed E-state index contributed by atoms with van der Waals surface area (Å²) in [6.45, 7) is 1.70. The molecule has 0 aliphatic carbocycles. The monoisotopic (exact) mass is 249 g/mol. The number of hydrogen-bond donors (Lipinski definition) is 2. The number of piperidine rings is 1. The first kappa shape index (κ1) is 12.8. The molecule has 0 bridgehead atoms. The van der Waals surface area contributed by atoms with Crippen LogP contribution in [0.25, 0.3) is 0 Å². The Kier molecular flexibility index (Phi) is 4.52. The second kappa shape index (κ2) is 6.35. The third-order valence-corrected chi connectivity index (χ3v) is 3.10. The minimum absolute atomic E-state index is 0.239. The molecule has 3 N–H and O–H groups in total. The highest BCUT2D eigenvalue weighted by atomic mass is 16.5. The number of carbonyl (C=O) groups excluding carboxylic acids is 1. The Labute approximate surface area is 107 Å². The van der Waals surface area contributed by atoms with Gasteiger partial charge in [-0.15, -0.1) is 0 Å². The van der Waals surface area contributed by atoms with E-state index in [0.29, 0.717) is 18.5 Å². The van der Waals surface area contributed by atoms with Gasteiger partial charge in [-0.2, -0.15) is 0 Å². The van der Waals surface area contributed by atoms with Crippen LogP contribution in [0.5, 0.6) is 5.88 Å². The van der Waals surface area contributed by atoms with Gasteiger partial charge < -0.3 is 15.8 Å². The van der Waals surface area contributed by atoms with Crippen molar-refractivity contribution in [3.8, 4) is 5.88 Å². The maximum Gasteiger partial charge on any atom is 0.267 e. The Morgan fingerprint density at radius 2 is 2.39 bits per heavy atom. The van der Waals surface area contributed by atoms with E-state index in [9.17, 15) is 4.79 Å². The van der Waals surface area contributed by atoms with Crippen molar-refractivity contribution in [1.29, 1.82) is 0 Å². The second-order valence-electron chi connectivity index (χ2n) is 4.51. The number of aromatic nitrogens is 1. The van der Waals surface area contributed by atoms with Gasteiger partial charge >= 0.3 is 0 Å². The maximum absolute atomic E-state index is 11.0. The fourth-order valence-corrected chi connectivity index (χ4v) is 2.11. The normalized spacial score (nSPS) is 19.4. The molecule has 98 valence electrons. The highest BCUT2D eigenvalue weighted by Gasteiger charge is 2.12. The molecule has 0 radical (unpaired) electrons. The number of amides is 1. The van der Waals surface area contributed by atoms with E-state index in [1.54, 1.807) is 18.2 Å². The molecule has 1 unspecified atom stereocenters. The van der Waals surface area contributed by atoms with Crippen LogP contribution in [0.2, 0.25) is 0 Å². The summed E-state index contributed by atoms with van der Waals surface area (Å²) in [5.41, 5.74) is 5.40. The molecule has 1 aliphatic rings. The molecule has 1 aliphatic heterocycles. The van der Waals surface area contributed by atoms with Crippen molar-refractivity contribution in [1.82, 2.24) is 10.3 Å². The Bertz CT molecular complexity index is 403. The molecule has 1 aromatic heterocycles. The zero-order valence-electron chi connectivity index (χ0n) is 10.4. The van der Waals surface area contributed by atoms with Gasteiger partial charge in [0.25, 0.3) is 5.91 Å². The standard InChI is InChI=1S/C13H19N3O2/c14-13(17)11-5-3-6-12(16-11)18-9-7-10-4-1-2-8-15-10/h3,5-6,10,15H,1-2,4,7-9H2,(H2,14,17). The number of nitrogens with zero attached hydrogens (tertiary/aromatic N) is 1. The fraction of sp³-hybridized carbons (Fsp3) is 0.538. The number of nitrogens with one attached hydrogen (secondary N) is 1. The molecular formula is C13H19N3O2. The summed E-state index contributed by atoms with van der Waals surface area (Å²) in [4.78, 5) is 15.0. The van der Waals surface area contributed by atoms with Crippen molar-refractivity contribution in [2.75, 3.05) is 13.2 Å². The Morgan fingerprint density at radius 3 is 3.11 bits per heavy atom. The average Bonchev–Trinajstić information content (AvgIpc) is 2.40. The predicted octanol–water partition coefficient (Wildman–Crippen LogP) is 1.09. The third kappa shape index (κ3) is 3.70. The van der Waals surface area contributed by atoms with Crippen molar-refractivity contribution < 1.29 is 9.53 Å². The number of nitrogens with two attached hydrogens (primary N) is 1. The molecule has 5 nitrogen and oxygen atoms in total. The number of rotatable bonds is 5. The van der Waals surface area contributed by atoms with Crippen molar-refractivity contribution in [2.24, 2.45) is 5.73 Å². The van der Waals surface area contributed by atoms with E-state index in [0.717, 1.165) is 13.0 Å². The van der Waals surface area contributed by atoms with Crippen LogP contribution in [-0.4, -0.2) is 30.1 Å². The van der Waals surface area contributed by atoms with Gasteiger partial charge in [0.15, 0.2) is 0 Å². The summed E-state index contributed by atoms with van der Waals surface area (Å²) in [5, 5.41) is 3.46. The van der Waals surface area contributed by atoms with Crippen LogP contribution >= 0.6 is 0 Å². The smallest absolute Gasteiger partial charge is 0.267 e. The lowest BCUT2D eigenvalue weighted by molar-refractivity contribution is 0.0994. The van der Waals surface area contributed by atoms with E-state index >= 15 is 0 Å². The van der Waals surface area contributed by atoms with Gasteiger partial charge in [-0.1, -0.05) is 12.5 Å². The SMILES string of the molecule is NC(=O)c1cccc(OCCC2CCCCN2)n1. The van der Waals surface area contributed by atoms with Crippen LogP contribution in [0.15, 0.2) is 18.2 Å². The summed E-state index contributed by atoms with van der Waals surface area (Å²) < 4.78 is 5.54. The minimum atomic E-state index is -0.533. The van der Waals surface area contributed by atoms with Crippen molar-refractivity contribution in [3.05, 3.63) is 23.9 Å². The van der Waals surface area contributed by atoms with Gasteiger partial charge in [0.1, 0.15) is 5.69 Å². The second-order valence-corrected chi connectivity index (χ2v) is 4.51. The largest absolute Gasteiger partial charge is 0.478 e. The Hall–Kier alpha value is -1.62. The van der Waals surface area contributed by atoms with Crippen LogP contribution < -0.4 is 15.8 Å². The quantitative estimate of drug-likeness (QED) is 0.819. The average molecular weight is 249 g/mol.